The minimum absolute atomic E-state index is 0.0252. The number of allylic oxidation sites excluding steroid dienone is 1. The quantitative estimate of drug-likeness (QED) is 0.187. The molecule has 6 rings (SSSR count). The van der Waals surface area contributed by atoms with Crippen LogP contribution in [-0.2, 0) is 5.41 Å². The van der Waals surface area contributed by atoms with Crippen molar-refractivity contribution in [3.8, 4) is 17.2 Å². The Morgan fingerprint density at radius 1 is 0.919 bits per heavy atom. The van der Waals surface area contributed by atoms with Gasteiger partial charge in [-0.15, -0.1) is 0 Å². The molecule has 1 aliphatic rings. The number of fused-ring (bicyclic) bond motifs is 3. The van der Waals surface area contributed by atoms with Crippen molar-refractivity contribution in [1.82, 2.24) is 8.75 Å². The van der Waals surface area contributed by atoms with Crippen molar-refractivity contribution in [2.24, 2.45) is 0 Å². The molecule has 0 radical (unpaired) electrons. The van der Waals surface area contributed by atoms with Crippen LogP contribution >= 0.6 is 11.7 Å². The Morgan fingerprint density at radius 3 is 2.43 bits per heavy atom. The van der Waals surface area contributed by atoms with Gasteiger partial charge in [-0.25, -0.2) is 10.1 Å². The Kier molecular flexibility index (Phi) is 5.34. The van der Waals surface area contributed by atoms with Crippen LogP contribution in [0.1, 0.15) is 30.5 Å². The summed E-state index contributed by atoms with van der Waals surface area (Å²) in [6.45, 7) is 11.8. The number of anilines is 3. The molecule has 0 saturated carbocycles. The van der Waals surface area contributed by atoms with Crippen LogP contribution in [0.2, 0.25) is 0 Å². The van der Waals surface area contributed by atoms with Gasteiger partial charge in [0.2, 0.25) is 0 Å². The second-order valence-electron chi connectivity index (χ2n) is 9.46. The summed E-state index contributed by atoms with van der Waals surface area (Å²) in [5.41, 5.74) is 10.0. The van der Waals surface area contributed by atoms with Gasteiger partial charge in [0.25, 0.3) is 5.70 Å². The Labute approximate surface area is 219 Å². The molecule has 0 atom stereocenters. The zero-order chi connectivity index (χ0) is 25.6. The lowest BCUT2D eigenvalue weighted by molar-refractivity contribution is 0.632. The van der Waals surface area contributed by atoms with Gasteiger partial charge in [-0.1, -0.05) is 68.4 Å². The van der Waals surface area contributed by atoms with Crippen LogP contribution in [-0.4, -0.2) is 8.75 Å². The predicted molar refractivity (Wildman–Crippen MR) is 150 cm³/mol. The molecule has 4 aromatic carbocycles. The average Bonchev–Trinajstić information content (AvgIpc) is 3.43. The fourth-order valence-corrected chi connectivity index (χ4v) is 5.78. The van der Waals surface area contributed by atoms with Crippen LogP contribution in [0, 0.1) is 17.9 Å². The molecule has 5 aromatic rings. The molecule has 5 nitrogen and oxygen atoms in total. The normalized spacial score (nSPS) is 13.9. The maximum atomic E-state index is 9.21. The van der Waals surface area contributed by atoms with E-state index >= 15 is 0 Å². The molecule has 0 fully saturated rings. The van der Waals surface area contributed by atoms with E-state index in [1.165, 1.54) is 16.8 Å². The number of hydrogen-bond donors (Lipinski definition) is 0. The van der Waals surface area contributed by atoms with E-state index in [1.807, 2.05) is 24.3 Å². The number of nitrogens with zero attached hydrogens (tertiary/aromatic N) is 5. The van der Waals surface area contributed by atoms with Gasteiger partial charge in [-0.2, -0.15) is 8.75 Å². The molecule has 176 valence electrons. The molecule has 0 saturated heterocycles. The van der Waals surface area contributed by atoms with Crippen molar-refractivity contribution in [3.63, 3.8) is 0 Å². The molecule has 2 heterocycles. The first kappa shape index (κ1) is 22.7. The first-order valence-electron chi connectivity index (χ1n) is 11.9. The highest BCUT2D eigenvalue weighted by atomic mass is 32.1. The highest BCUT2D eigenvalue weighted by Crippen LogP contribution is 2.52. The number of hydrogen-bond acceptors (Lipinski definition) is 5. The second-order valence-corrected chi connectivity index (χ2v) is 9.99. The number of para-hydroxylation sites is 2. The van der Waals surface area contributed by atoms with Crippen molar-refractivity contribution in [2.45, 2.75) is 19.3 Å². The third-order valence-corrected chi connectivity index (χ3v) is 7.56. The number of aromatic nitrogens is 2. The van der Waals surface area contributed by atoms with E-state index in [9.17, 15) is 5.26 Å². The van der Waals surface area contributed by atoms with E-state index in [0.29, 0.717) is 5.52 Å². The summed E-state index contributed by atoms with van der Waals surface area (Å²) in [4.78, 5) is 5.62. The van der Waals surface area contributed by atoms with Gasteiger partial charge in [-0.3, -0.25) is 0 Å². The molecule has 0 amide bonds. The van der Waals surface area contributed by atoms with Crippen molar-refractivity contribution in [1.29, 1.82) is 5.26 Å². The lowest BCUT2D eigenvalue weighted by Gasteiger charge is -2.42. The van der Waals surface area contributed by atoms with Gasteiger partial charge in [0.05, 0.1) is 35.7 Å². The predicted octanol–water partition coefficient (Wildman–Crippen LogP) is 8.25. The first-order chi connectivity index (χ1) is 18.0. The standard InChI is InChI=1S/C31H21N5S/c1-31(2)25-11-7-8-12-27(25)36(23-9-5-4-6-10-23)28-16-14-20(18-26(28)31)24-15-13-21(17-22(19-32)33-3)29-30(24)35-37-34-29/h4-18H,1-2H3/b22-17-. The van der Waals surface area contributed by atoms with E-state index in [0.717, 1.165) is 45.3 Å². The molecule has 1 aliphatic heterocycles. The highest BCUT2D eigenvalue weighted by Gasteiger charge is 2.37. The molecule has 1 aromatic heterocycles. The summed E-state index contributed by atoms with van der Waals surface area (Å²) in [6, 6.07) is 31.5. The minimum Gasteiger partial charge on any atom is -0.310 e. The third-order valence-electron chi connectivity index (χ3n) is 7.03. The van der Waals surface area contributed by atoms with Crippen LogP contribution in [0.3, 0.4) is 0 Å². The summed E-state index contributed by atoms with van der Waals surface area (Å²) in [6.07, 6.45) is 1.57. The highest BCUT2D eigenvalue weighted by molar-refractivity contribution is 7.00. The van der Waals surface area contributed by atoms with Crippen LogP contribution in [0.25, 0.3) is 33.1 Å². The lowest BCUT2D eigenvalue weighted by atomic mass is 9.73. The second kappa shape index (κ2) is 8.71. The Balaban J connectivity index is 1.55. The monoisotopic (exact) mass is 495 g/mol. The van der Waals surface area contributed by atoms with Crippen LogP contribution in [0.15, 0.2) is 90.6 Å². The third kappa shape index (κ3) is 3.59. The smallest absolute Gasteiger partial charge is 0.262 e. The van der Waals surface area contributed by atoms with Crippen molar-refractivity contribution >= 4 is 45.9 Å². The molecule has 0 bridgehead atoms. The van der Waals surface area contributed by atoms with Gasteiger partial charge >= 0.3 is 0 Å². The molecule has 6 heteroatoms. The summed E-state index contributed by atoms with van der Waals surface area (Å²) in [7, 11) is 0. The van der Waals surface area contributed by atoms with Gasteiger partial charge in [0.15, 0.2) is 0 Å². The average molecular weight is 496 g/mol. The summed E-state index contributed by atoms with van der Waals surface area (Å²) < 4.78 is 9.08. The van der Waals surface area contributed by atoms with Crippen LogP contribution in [0.4, 0.5) is 17.1 Å². The maximum Gasteiger partial charge on any atom is 0.262 e. The lowest BCUT2D eigenvalue weighted by Crippen LogP contribution is -2.30. The van der Waals surface area contributed by atoms with E-state index < -0.39 is 0 Å². The van der Waals surface area contributed by atoms with E-state index in [1.54, 1.807) is 6.08 Å². The van der Waals surface area contributed by atoms with Gasteiger partial charge in [0.1, 0.15) is 11.0 Å². The van der Waals surface area contributed by atoms with Gasteiger partial charge in [-0.05, 0) is 58.7 Å². The number of rotatable bonds is 3. The summed E-state index contributed by atoms with van der Waals surface area (Å²) in [5.74, 6) is 0. The van der Waals surface area contributed by atoms with Gasteiger partial charge in [0, 0.05) is 16.7 Å². The molecular formula is C31H21N5S. The summed E-state index contributed by atoms with van der Waals surface area (Å²) >= 11 is 1.14. The Bertz CT molecular complexity index is 1770. The zero-order valence-electron chi connectivity index (χ0n) is 20.3. The molecule has 0 spiro atoms. The molecule has 0 aliphatic carbocycles. The Hall–Kier alpha value is -4.78. The first-order valence-corrected chi connectivity index (χ1v) is 12.6. The topological polar surface area (TPSA) is 57.2 Å². The molecular weight excluding hydrogens is 474 g/mol. The minimum atomic E-state index is -0.216. The summed E-state index contributed by atoms with van der Waals surface area (Å²) in [5, 5.41) is 9.21. The number of nitriles is 1. The largest absolute Gasteiger partial charge is 0.310 e. The van der Waals surface area contributed by atoms with Crippen LogP contribution < -0.4 is 4.90 Å². The maximum absolute atomic E-state index is 9.21. The molecule has 37 heavy (non-hydrogen) atoms. The molecule has 0 N–H and O–H groups in total. The van der Waals surface area contributed by atoms with Gasteiger partial charge < -0.3 is 4.90 Å². The van der Waals surface area contributed by atoms with Crippen molar-refractivity contribution in [3.05, 3.63) is 119 Å². The fourth-order valence-electron chi connectivity index (χ4n) is 5.20. The SMILES string of the molecule is [C-]#[N+]/C(C#N)=C\c1ccc(-c2ccc3c(c2)C(C)(C)c2ccccc2N3c2ccccc2)c2nsnc12. The van der Waals surface area contributed by atoms with Crippen molar-refractivity contribution < 1.29 is 0 Å². The Morgan fingerprint density at radius 2 is 1.65 bits per heavy atom. The van der Waals surface area contributed by atoms with E-state index in [4.69, 9.17) is 6.57 Å². The van der Waals surface area contributed by atoms with Crippen molar-refractivity contribution in [2.75, 3.05) is 4.90 Å². The van der Waals surface area contributed by atoms with Crippen LogP contribution in [0.5, 0.6) is 0 Å². The zero-order valence-corrected chi connectivity index (χ0v) is 21.1. The fraction of sp³-hybridized carbons (Fsp3) is 0.0968. The van der Waals surface area contributed by atoms with E-state index in [2.05, 4.69) is 99.1 Å². The number of benzene rings is 4. The van der Waals surface area contributed by atoms with E-state index in [-0.39, 0.29) is 11.1 Å². The molecule has 0 unspecified atom stereocenters.